The summed E-state index contributed by atoms with van der Waals surface area (Å²) in [5.41, 5.74) is 8.27. The molecule has 1 aromatic rings. The molecule has 0 aromatic heterocycles. The molecule has 2 amide bonds. The molecule has 1 fully saturated rings. The number of rotatable bonds is 2. The second kappa shape index (κ2) is 3.33. The van der Waals surface area contributed by atoms with Crippen molar-refractivity contribution in [2.45, 2.75) is 25.7 Å². The summed E-state index contributed by atoms with van der Waals surface area (Å²) in [5, 5.41) is 2.63. The average Bonchev–Trinajstić information content (AvgIpc) is 2.91. The number of nitrogens with two attached hydrogens (primary N) is 1. The summed E-state index contributed by atoms with van der Waals surface area (Å²) in [6, 6.07) is 5.68. The van der Waals surface area contributed by atoms with Crippen molar-refractivity contribution in [2.75, 3.05) is 5.32 Å². The van der Waals surface area contributed by atoms with Crippen LogP contribution in [0.3, 0.4) is 0 Å². The minimum absolute atomic E-state index is 0.499. The number of nitrogens with one attached hydrogen (secondary N) is 1. The maximum absolute atomic E-state index is 10.7. The van der Waals surface area contributed by atoms with Gasteiger partial charge in [-0.15, -0.1) is 0 Å². The smallest absolute Gasteiger partial charge is 0.316 e. The minimum atomic E-state index is -0.499. The lowest BCUT2D eigenvalue weighted by Crippen LogP contribution is -2.19. The van der Waals surface area contributed by atoms with Crippen LogP contribution in [-0.4, -0.2) is 6.03 Å². The van der Waals surface area contributed by atoms with Crippen LogP contribution in [0.25, 0.3) is 0 Å². The number of hydrogen-bond donors (Lipinski definition) is 2. The molecule has 3 heteroatoms. The monoisotopic (exact) mass is 190 g/mol. The Kier molecular flexibility index (Phi) is 2.15. The maximum Gasteiger partial charge on any atom is 0.316 e. The van der Waals surface area contributed by atoms with Crippen molar-refractivity contribution in [1.29, 1.82) is 0 Å². The predicted octanol–water partition coefficient (Wildman–Crippen LogP) is 2.36. The molecular formula is C11H14N2O. The molecule has 0 heterocycles. The summed E-state index contributed by atoms with van der Waals surface area (Å²) in [6.45, 7) is 1.96. The lowest BCUT2D eigenvalue weighted by Gasteiger charge is -2.08. The average molecular weight is 190 g/mol. The van der Waals surface area contributed by atoms with Crippen LogP contribution in [0.2, 0.25) is 0 Å². The van der Waals surface area contributed by atoms with Crippen LogP contribution in [0.15, 0.2) is 18.2 Å². The van der Waals surface area contributed by atoms with E-state index in [2.05, 4.69) is 11.4 Å². The van der Waals surface area contributed by atoms with Gasteiger partial charge >= 0.3 is 6.03 Å². The fraction of sp³-hybridized carbons (Fsp3) is 0.364. The first kappa shape index (κ1) is 9.06. The van der Waals surface area contributed by atoms with Crippen LogP contribution in [0, 0.1) is 6.92 Å². The summed E-state index contributed by atoms with van der Waals surface area (Å²) in [5.74, 6) is 0.698. The summed E-state index contributed by atoms with van der Waals surface area (Å²) >= 11 is 0. The molecular weight excluding hydrogens is 176 g/mol. The predicted molar refractivity (Wildman–Crippen MR) is 56.4 cm³/mol. The van der Waals surface area contributed by atoms with Gasteiger partial charge in [-0.3, -0.25) is 0 Å². The van der Waals surface area contributed by atoms with Crippen LogP contribution >= 0.6 is 0 Å². The highest BCUT2D eigenvalue weighted by molar-refractivity contribution is 5.88. The quantitative estimate of drug-likeness (QED) is 0.739. The molecule has 0 saturated heterocycles. The van der Waals surface area contributed by atoms with Crippen LogP contribution in [-0.2, 0) is 0 Å². The minimum Gasteiger partial charge on any atom is -0.351 e. The van der Waals surface area contributed by atoms with Gasteiger partial charge in [0.05, 0.1) is 0 Å². The van der Waals surface area contributed by atoms with Crippen molar-refractivity contribution in [3.05, 3.63) is 29.3 Å². The van der Waals surface area contributed by atoms with Crippen molar-refractivity contribution in [1.82, 2.24) is 0 Å². The van der Waals surface area contributed by atoms with Crippen molar-refractivity contribution in [3.63, 3.8) is 0 Å². The first-order valence-corrected chi connectivity index (χ1v) is 4.84. The Labute approximate surface area is 83.3 Å². The van der Waals surface area contributed by atoms with Gasteiger partial charge in [0, 0.05) is 5.69 Å². The topological polar surface area (TPSA) is 55.1 Å². The van der Waals surface area contributed by atoms with Gasteiger partial charge in [0.25, 0.3) is 0 Å². The molecule has 1 aliphatic rings. The number of benzene rings is 1. The van der Waals surface area contributed by atoms with E-state index in [9.17, 15) is 4.79 Å². The van der Waals surface area contributed by atoms with Gasteiger partial charge in [0.2, 0.25) is 0 Å². The van der Waals surface area contributed by atoms with Crippen molar-refractivity contribution >= 4 is 11.7 Å². The van der Waals surface area contributed by atoms with Gasteiger partial charge < -0.3 is 11.1 Å². The lowest BCUT2D eigenvalue weighted by atomic mass is 10.1. The number of carbonyl (C=O) groups is 1. The summed E-state index contributed by atoms with van der Waals surface area (Å²) < 4.78 is 0. The van der Waals surface area contributed by atoms with Crippen LogP contribution < -0.4 is 11.1 Å². The second-order valence-electron chi connectivity index (χ2n) is 3.84. The number of anilines is 1. The lowest BCUT2D eigenvalue weighted by molar-refractivity contribution is 0.259. The molecule has 3 N–H and O–H groups in total. The molecule has 1 aromatic carbocycles. The Hall–Kier alpha value is -1.51. The zero-order valence-electron chi connectivity index (χ0n) is 8.21. The van der Waals surface area contributed by atoms with E-state index in [4.69, 9.17) is 5.73 Å². The van der Waals surface area contributed by atoms with E-state index in [-0.39, 0.29) is 0 Å². The highest BCUT2D eigenvalue weighted by Crippen LogP contribution is 2.41. The summed E-state index contributed by atoms with van der Waals surface area (Å²) in [7, 11) is 0. The number of carbonyl (C=O) groups excluding carboxylic acids is 1. The van der Waals surface area contributed by atoms with Gasteiger partial charge in [-0.2, -0.15) is 0 Å². The van der Waals surface area contributed by atoms with Crippen LogP contribution in [0.1, 0.15) is 29.9 Å². The second-order valence-corrected chi connectivity index (χ2v) is 3.84. The van der Waals surface area contributed by atoms with E-state index < -0.39 is 6.03 Å². The summed E-state index contributed by atoms with van der Waals surface area (Å²) in [4.78, 5) is 10.7. The molecule has 0 aliphatic heterocycles. The number of amides is 2. The van der Waals surface area contributed by atoms with Crippen molar-refractivity contribution in [3.8, 4) is 0 Å². The molecule has 0 atom stereocenters. The van der Waals surface area contributed by atoms with E-state index >= 15 is 0 Å². The van der Waals surface area contributed by atoms with E-state index in [1.54, 1.807) is 0 Å². The van der Waals surface area contributed by atoms with E-state index in [1.165, 1.54) is 18.4 Å². The number of primary amides is 1. The molecule has 3 nitrogen and oxygen atoms in total. The van der Waals surface area contributed by atoms with Gasteiger partial charge in [-0.1, -0.05) is 12.1 Å². The molecule has 0 spiro atoms. The van der Waals surface area contributed by atoms with Gasteiger partial charge in [-0.25, -0.2) is 4.79 Å². The van der Waals surface area contributed by atoms with Crippen molar-refractivity contribution < 1.29 is 4.79 Å². The Morgan fingerprint density at radius 3 is 2.79 bits per heavy atom. The fourth-order valence-electron chi connectivity index (χ4n) is 1.58. The fourth-order valence-corrected chi connectivity index (χ4v) is 1.58. The Morgan fingerprint density at radius 2 is 2.21 bits per heavy atom. The third kappa shape index (κ3) is 1.87. The zero-order valence-corrected chi connectivity index (χ0v) is 8.21. The Balaban J connectivity index is 2.26. The zero-order chi connectivity index (χ0) is 10.1. The SMILES string of the molecule is Cc1ccc(C2CC2)cc1NC(N)=O. The molecule has 0 radical (unpaired) electrons. The highest BCUT2D eigenvalue weighted by atomic mass is 16.2. The Bertz CT molecular complexity index is 370. The van der Waals surface area contributed by atoms with E-state index in [0.717, 1.165) is 11.3 Å². The third-order valence-corrected chi connectivity index (χ3v) is 2.57. The molecule has 14 heavy (non-hydrogen) atoms. The van der Waals surface area contributed by atoms with Gasteiger partial charge in [-0.05, 0) is 42.9 Å². The van der Waals surface area contributed by atoms with E-state index in [1.807, 2.05) is 19.1 Å². The standard InChI is InChI=1S/C11H14N2O/c1-7-2-3-9(8-4-5-8)6-10(7)13-11(12)14/h2-3,6,8H,4-5H2,1H3,(H3,12,13,14). The van der Waals surface area contributed by atoms with Crippen LogP contribution in [0.4, 0.5) is 10.5 Å². The maximum atomic E-state index is 10.7. The number of hydrogen-bond acceptors (Lipinski definition) is 1. The molecule has 1 saturated carbocycles. The van der Waals surface area contributed by atoms with Gasteiger partial charge in [0.15, 0.2) is 0 Å². The largest absolute Gasteiger partial charge is 0.351 e. The van der Waals surface area contributed by atoms with Gasteiger partial charge in [0.1, 0.15) is 0 Å². The molecule has 2 rings (SSSR count). The first-order valence-electron chi connectivity index (χ1n) is 4.84. The number of aryl methyl sites for hydroxylation is 1. The third-order valence-electron chi connectivity index (χ3n) is 2.57. The van der Waals surface area contributed by atoms with E-state index in [0.29, 0.717) is 5.92 Å². The normalized spacial score (nSPS) is 15.2. The Morgan fingerprint density at radius 1 is 1.50 bits per heavy atom. The number of urea groups is 1. The summed E-state index contributed by atoms with van der Waals surface area (Å²) in [6.07, 6.45) is 2.53. The van der Waals surface area contributed by atoms with Crippen molar-refractivity contribution in [2.24, 2.45) is 5.73 Å². The first-order chi connectivity index (χ1) is 6.66. The molecule has 0 unspecified atom stereocenters. The molecule has 74 valence electrons. The molecule has 1 aliphatic carbocycles. The highest BCUT2D eigenvalue weighted by Gasteiger charge is 2.23. The van der Waals surface area contributed by atoms with Crippen LogP contribution in [0.5, 0.6) is 0 Å². The molecule has 0 bridgehead atoms.